The minimum atomic E-state index is -0.861. The van der Waals surface area contributed by atoms with Crippen LogP contribution in [0, 0.1) is 5.92 Å². The number of ether oxygens (including phenoxy) is 4. The van der Waals surface area contributed by atoms with Crippen molar-refractivity contribution in [1.29, 1.82) is 0 Å². The highest BCUT2D eigenvalue weighted by Crippen LogP contribution is 2.29. The Morgan fingerprint density at radius 1 is 0.754 bits per heavy atom. The third-order valence-corrected chi connectivity index (χ3v) is 11.7. The van der Waals surface area contributed by atoms with Gasteiger partial charge < -0.3 is 56.8 Å². The van der Waals surface area contributed by atoms with Gasteiger partial charge in [0.15, 0.2) is 17.3 Å². The standard InChI is InChI=1S/C40H65N7O12S2/c1-2-5-37(52)44-12-14-56-16-19-59-25-39(54)45-13-15-57-17-18-58-24-38(53)43-11-4-3-6-32(46-22-35(50)29-21-34(49)31(41)27-61-60-26-29)36(51)23-47-33(40(42)55)20-28-7-9-30(48)10-8-28/h7-10,29,31-33,46-48H,2-6,11-27,41H2,1H3,(H2,42,55)(H,43,53)(H,44,52)(H,45,54)/t29-,31-,32-,33-/m0/s1. The summed E-state index contributed by atoms with van der Waals surface area (Å²) in [6, 6.07) is 4.03. The summed E-state index contributed by atoms with van der Waals surface area (Å²) >= 11 is 0. The van der Waals surface area contributed by atoms with Gasteiger partial charge in [-0.2, -0.15) is 0 Å². The summed E-state index contributed by atoms with van der Waals surface area (Å²) in [5.74, 6) is -1.46. The number of nitrogens with one attached hydrogen (secondary N) is 5. The number of hydrogen-bond acceptors (Lipinski definition) is 17. The summed E-state index contributed by atoms with van der Waals surface area (Å²) in [5, 5.41) is 23.7. The molecule has 1 fully saturated rings. The first kappa shape index (κ1) is 53.5. The van der Waals surface area contributed by atoms with Crippen LogP contribution in [0.15, 0.2) is 24.3 Å². The Kier molecular flexibility index (Phi) is 28.9. The van der Waals surface area contributed by atoms with E-state index in [-0.39, 0.29) is 113 Å². The van der Waals surface area contributed by atoms with Gasteiger partial charge in [0.2, 0.25) is 23.6 Å². The van der Waals surface area contributed by atoms with Gasteiger partial charge >= 0.3 is 0 Å². The maximum absolute atomic E-state index is 13.5. The number of carbonyl (C=O) groups is 7. The van der Waals surface area contributed by atoms with Crippen molar-refractivity contribution < 1.29 is 57.6 Å². The Hall–Kier alpha value is -3.67. The third-order valence-electron chi connectivity index (χ3n) is 9.14. The molecule has 0 aliphatic carbocycles. The minimum absolute atomic E-state index is 0.00891. The molecule has 1 aliphatic heterocycles. The SMILES string of the molecule is CCCC(=O)NCCOCCOCC(=O)NCCOCCOCC(=O)NCCCC[C@H](NCC(=O)[C@@H]1CSSC[C@H](N)C(=O)C1)C(=O)CN[C@@H](Cc1ccc(O)cc1)C(N)=O. The smallest absolute Gasteiger partial charge is 0.246 e. The molecule has 0 bridgehead atoms. The number of carbonyl (C=O) groups excluding carboxylic acids is 7. The van der Waals surface area contributed by atoms with E-state index in [2.05, 4.69) is 26.6 Å². The van der Waals surface area contributed by atoms with Crippen LogP contribution in [0.5, 0.6) is 5.75 Å². The molecule has 10 N–H and O–H groups in total. The second-order valence-corrected chi connectivity index (χ2v) is 16.8. The summed E-state index contributed by atoms with van der Waals surface area (Å²) in [6.07, 6.45) is 2.89. The van der Waals surface area contributed by atoms with E-state index in [0.29, 0.717) is 63.5 Å². The van der Waals surface area contributed by atoms with Crippen LogP contribution < -0.4 is 38.1 Å². The van der Waals surface area contributed by atoms with Gasteiger partial charge in [-0.3, -0.25) is 38.9 Å². The average molecular weight is 900 g/mol. The molecule has 19 nitrogen and oxygen atoms in total. The van der Waals surface area contributed by atoms with E-state index >= 15 is 0 Å². The molecule has 4 atom stereocenters. The van der Waals surface area contributed by atoms with Gasteiger partial charge in [0.25, 0.3) is 0 Å². The highest BCUT2D eigenvalue weighted by atomic mass is 33.1. The molecule has 0 spiro atoms. The maximum atomic E-state index is 13.5. The van der Waals surface area contributed by atoms with Gasteiger partial charge in [-0.1, -0.05) is 40.6 Å². The van der Waals surface area contributed by atoms with E-state index in [0.717, 1.165) is 12.0 Å². The van der Waals surface area contributed by atoms with Crippen LogP contribution >= 0.6 is 21.6 Å². The molecule has 0 saturated carbocycles. The van der Waals surface area contributed by atoms with E-state index < -0.39 is 30.0 Å². The lowest BCUT2D eigenvalue weighted by molar-refractivity contribution is -0.127. The van der Waals surface area contributed by atoms with Gasteiger partial charge in [0.05, 0.1) is 70.9 Å². The first-order valence-electron chi connectivity index (χ1n) is 20.6. The largest absolute Gasteiger partial charge is 0.508 e. The number of rotatable bonds is 34. The van der Waals surface area contributed by atoms with E-state index in [9.17, 15) is 38.7 Å². The van der Waals surface area contributed by atoms with Gasteiger partial charge in [-0.25, -0.2) is 0 Å². The number of ketones is 3. The van der Waals surface area contributed by atoms with Crippen LogP contribution in [0.1, 0.15) is 51.0 Å². The molecule has 0 radical (unpaired) electrons. The highest BCUT2D eigenvalue weighted by Gasteiger charge is 2.29. The zero-order valence-electron chi connectivity index (χ0n) is 35.1. The van der Waals surface area contributed by atoms with Crippen molar-refractivity contribution in [2.24, 2.45) is 17.4 Å². The maximum Gasteiger partial charge on any atom is 0.246 e. The minimum Gasteiger partial charge on any atom is -0.508 e. The van der Waals surface area contributed by atoms with Gasteiger partial charge in [-0.15, -0.1) is 0 Å². The highest BCUT2D eigenvalue weighted by molar-refractivity contribution is 8.76. The summed E-state index contributed by atoms with van der Waals surface area (Å²) < 4.78 is 21.4. The van der Waals surface area contributed by atoms with Crippen molar-refractivity contribution in [3.8, 4) is 5.75 Å². The van der Waals surface area contributed by atoms with Gasteiger partial charge in [0, 0.05) is 49.9 Å². The Bertz CT molecular complexity index is 1490. The van der Waals surface area contributed by atoms with Crippen LogP contribution in [0.4, 0.5) is 0 Å². The molecule has 0 unspecified atom stereocenters. The predicted molar refractivity (Wildman–Crippen MR) is 232 cm³/mol. The molecular formula is C40H65N7O12S2. The topological polar surface area (TPSA) is 289 Å². The molecule has 344 valence electrons. The van der Waals surface area contributed by atoms with Crippen LogP contribution in [0.25, 0.3) is 0 Å². The molecule has 1 heterocycles. The van der Waals surface area contributed by atoms with Gasteiger partial charge in [-0.05, 0) is 49.8 Å². The fourth-order valence-corrected chi connectivity index (χ4v) is 8.15. The Balaban J connectivity index is 1.65. The predicted octanol–water partition coefficient (Wildman–Crippen LogP) is -0.842. The Morgan fingerprint density at radius 3 is 1.95 bits per heavy atom. The Labute approximate surface area is 365 Å². The number of amides is 4. The lowest BCUT2D eigenvalue weighted by atomic mass is 9.96. The lowest BCUT2D eigenvalue weighted by Gasteiger charge is -2.23. The van der Waals surface area contributed by atoms with Crippen molar-refractivity contribution in [3.63, 3.8) is 0 Å². The number of phenolic OH excluding ortho intramolecular Hbond substituents is 1. The van der Waals surface area contributed by atoms with E-state index in [4.69, 9.17) is 30.4 Å². The van der Waals surface area contributed by atoms with Crippen molar-refractivity contribution in [1.82, 2.24) is 26.6 Å². The fraction of sp³-hybridized carbons (Fsp3) is 0.675. The second kappa shape index (κ2) is 33.0. The van der Waals surface area contributed by atoms with Crippen LogP contribution in [-0.4, -0.2) is 161 Å². The van der Waals surface area contributed by atoms with Crippen molar-refractivity contribution in [2.75, 3.05) is 97.1 Å². The monoisotopic (exact) mass is 899 g/mol. The van der Waals surface area contributed by atoms with Crippen LogP contribution in [-0.2, 0) is 58.9 Å². The molecule has 1 aromatic rings. The summed E-state index contributed by atoms with van der Waals surface area (Å²) in [7, 11) is 2.95. The molecular weight excluding hydrogens is 835 g/mol. The number of Topliss-reactive ketones (excluding diaryl/α,β-unsaturated/α-hetero) is 3. The number of unbranched alkanes of at least 4 members (excludes halogenated alkanes) is 1. The molecule has 1 aliphatic rings. The zero-order chi connectivity index (χ0) is 44.7. The fourth-order valence-electron chi connectivity index (χ4n) is 5.65. The van der Waals surface area contributed by atoms with Crippen molar-refractivity contribution in [3.05, 3.63) is 29.8 Å². The summed E-state index contributed by atoms with van der Waals surface area (Å²) in [4.78, 5) is 86.8. The Morgan fingerprint density at radius 2 is 1.33 bits per heavy atom. The van der Waals surface area contributed by atoms with Crippen LogP contribution in [0.3, 0.4) is 0 Å². The van der Waals surface area contributed by atoms with E-state index in [1.54, 1.807) is 12.1 Å². The molecule has 1 aromatic carbocycles. The summed E-state index contributed by atoms with van der Waals surface area (Å²) in [6.45, 7) is 3.85. The van der Waals surface area contributed by atoms with Crippen LogP contribution in [0.2, 0.25) is 0 Å². The molecule has 4 amide bonds. The average Bonchev–Trinajstić information content (AvgIpc) is 3.23. The normalized spacial score (nSPS) is 16.5. The first-order valence-corrected chi connectivity index (χ1v) is 23.1. The van der Waals surface area contributed by atoms with E-state index in [1.807, 2.05) is 6.92 Å². The van der Waals surface area contributed by atoms with Crippen molar-refractivity contribution in [2.45, 2.75) is 70.0 Å². The van der Waals surface area contributed by atoms with Gasteiger partial charge in [0.1, 0.15) is 19.0 Å². The number of hydrogen-bond donors (Lipinski definition) is 8. The molecule has 61 heavy (non-hydrogen) atoms. The first-order chi connectivity index (χ1) is 29.4. The number of benzene rings is 1. The number of nitrogens with two attached hydrogens (primary N) is 2. The number of aromatic hydroxyl groups is 1. The zero-order valence-corrected chi connectivity index (χ0v) is 36.7. The number of phenols is 1. The summed E-state index contributed by atoms with van der Waals surface area (Å²) in [5.41, 5.74) is 12.3. The molecule has 0 aromatic heterocycles. The van der Waals surface area contributed by atoms with Crippen molar-refractivity contribution >= 4 is 62.6 Å². The van der Waals surface area contributed by atoms with E-state index in [1.165, 1.54) is 33.7 Å². The third kappa shape index (κ3) is 25.8. The molecule has 21 heteroatoms. The quantitative estimate of drug-likeness (QED) is 0.0309. The molecule has 2 rings (SSSR count). The lowest BCUT2D eigenvalue weighted by Crippen LogP contribution is -2.50. The number of primary amides is 1. The second-order valence-electron chi connectivity index (χ2n) is 14.2. The molecule has 1 saturated heterocycles.